The monoisotopic (exact) mass is 181 g/mol. The van der Waals surface area contributed by atoms with Gasteiger partial charge >= 0.3 is 0 Å². The summed E-state index contributed by atoms with van der Waals surface area (Å²) in [6.07, 6.45) is 3.45. The van der Waals surface area contributed by atoms with Crippen molar-refractivity contribution in [3.05, 3.63) is 18.3 Å². The van der Waals surface area contributed by atoms with Gasteiger partial charge in [0.25, 0.3) is 0 Å². The van der Waals surface area contributed by atoms with Crippen molar-refractivity contribution in [2.24, 2.45) is 0 Å². The first kappa shape index (κ1) is 9.80. The molecule has 0 unspecified atom stereocenters. The van der Waals surface area contributed by atoms with E-state index in [4.69, 9.17) is 10.8 Å². The highest BCUT2D eigenvalue weighted by molar-refractivity contribution is 5.49. The molecule has 1 rings (SSSR count). The topological polar surface area (TPSA) is 71.2 Å². The van der Waals surface area contributed by atoms with E-state index in [1.165, 1.54) is 0 Å². The number of nitrogens with one attached hydrogen (secondary N) is 1. The molecule has 0 fully saturated rings. The molecule has 13 heavy (non-hydrogen) atoms. The molecule has 1 heterocycles. The molecule has 0 atom stereocenters. The van der Waals surface area contributed by atoms with Gasteiger partial charge in [0.15, 0.2) is 0 Å². The van der Waals surface area contributed by atoms with Gasteiger partial charge in [0.05, 0.1) is 0 Å². The van der Waals surface area contributed by atoms with Gasteiger partial charge in [-0.3, -0.25) is 0 Å². The zero-order valence-corrected chi connectivity index (χ0v) is 7.53. The second-order valence-corrected chi connectivity index (χ2v) is 2.83. The second kappa shape index (κ2) is 5.37. The van der Waals surface area contributed by atoms with Gasteiger partial charge in [-0.15, -0.1) is 0 Å². The smallest absolute Gasteiger partial charge is 0.125 e. The Kier molecular flexibility index (Phi) is 4.05. The average molecular weight is 181 g/mol. The molecule has 4 nitrogen and oxygen atoms in total. The van der Waals surface area contributed by atoms with Crippen molar-refractivity contribution in [2.75, 3.05) is 24.2 Å². The molecule has 0 aromatic carbocycles. The fraction of sp³-hybridized carbons (Fsp3) is 0.444. The predicted molar refractivity (Wildman–Crippen MR) is 53.5 cm³/mol. The molecule has 0 bridgehead atoms. The Morgan fingerprint density at radius 2 is 2.31 bits per heavy atom. The number of nitrogens with zero attached hydrogens (tertiary/aromatic N) is 1. The first-order valence-corrected chi connectivity index (χ1v) is 4.39. The molecule has 0 saturated heterocycles. The van der Waals surface area contributed by atoms with Gasteiger partial charge in [-0.25, -0.2) is 4.98 Å². The Labute approximate surface area is 77.8 Å². The van der Waals surface area contributed by atoms with E-state index in [0.29, 0.717) is 5.82 Å². The van der Waals surface area contributed by atoms with Crippen LogP contribution in [0.2, 0.25) is 0 Å². The van der Waals surface area contributed by atoms with E-state index in [-0.39, 0.29) is 6.61 Å². The van der Waals surface area contributed by atoms with Crippen molar-refractivity contribution < 1.29 is 5.11 Å². The van der Waals surface area contributed by atoms with Gasteiger partial charge in [0.2, 0.25) is 0 Å². The third kappa shape index (κ3) is 3.75. The third-order valence-corrected chi connectivity index (χ3v) is 1.70. The Hall–Kier alpha value is -1.29. The number of hydrogen-bond donors (Lipinski definition) is 3. The predicted octanol–water partition coefficient (Wildman–Crippen LogP) is 0.848. The molecule has 0 spiro atoms. The van der Waals surface area contributed by atoms with Gasteiger partial charge in [-0.05, 0) is 18.9 Å². The molecule has 4 N–H and O–H groups in total. The van der Waals surface area contributed by atoms with Crippen LogP contribution in [0.25, 0.3) is 0 Å². The van der Waals surface area contributed by atoms with E-state index < -0.39 is 0 Å². The standard InChI is InChI=1S/C9H15N3O/c10-9-7-8(3-5-12-9)11-4-1-2-6-13/h3,5,7,13H,1-2,4,6H2,(H3,10,11,12). The van der Waals surface area contributed by atoms with Crippen molar-refractivity contribution in [3.8, 4) is 0 Å². The maximum absolute atomic E-state index is 8.55. The zero-order chi connectivity index (χ0) is 9.52. The molecular formula is C9H15N3O. The van der Waals surface area contributed by atoms with Crippen LogP contribution < -0.4 is 11.1 Å². The van der Waals surface area contributed by atoms with Crippen molar-refractivity contribution in [3.63, 3.8) is 0 Å². The van der Waals surface area contributed by atoms with Gasteiger partial charge in [-0.2, -0.15) is 0 Å². The number of nitrogen functional groups attached to an aromatic ring is 1. The van der Waals surface area contributed by atoms with Gasteiger partial charge in [-0.1, -0.05) is 0 Å². The van der Waals surface area contributed by atoms with Crippen molar-refractivity contribution in [1.82, 2.24) is 4.98 Å². The minimum Gasteiger partial charge on any atom is -0.396 e. The Morgan fingerprint density at radius 3 is 3.00 bits per heavy atom. The summed E-state index contributed by atoms with van der Waals surface area (Å²) in [6, 6.07) is 3.66. The lowest BCUT2D eigenvalue weighted by molar-refractivity contribution is 0.286. The molecule has 0 amide bonds. The molecule has 0 aliphatic rings. The maximum Gasteiger partial charge on any atom is 0.125 e. The number of hydrogen-bond acceptors (Lipinski definition) is 4. The van der Waals surface area contributed by atoms with Crippen molar-refractivity contribution in [2.45, 2.75) is 12.8 Å². The highest BCUT2D eigenvalue weighted by atomic mass is 16.2. The third-order valence-electron chi connectivity index (χ3n) is 1.70. The summed E-state index contributed by atoms with van der Waals surface area (Å²) in [7, 11) is 0. The summed E-state index contributed by atoms with van der Waals surface area (Å²) in [4.78, 5) is 3.88. The second-order valence-electron chi connectivity index (χ2n) is 2.83. The number of aliphatic hydroxyl groups excluding tert-OH is 1. The van der Waals surface area contributed by atoms with E-state index in [1.54, 1.807) is 12.3 Å². The van der Waals surface area contributed by atoms with E-state index in [9.17, 15) is 0 Å². The quantitative estimate of drug-likeness (QED) is 0.589. The van der Waals surface area contributed by atoms with Crippen LogP contribution in [0.1, 0.15) is 12.8 Å². The Balaban J connectivity index is 2.28. The number of unbranched alkanes of at least 4 members (excludes halogenated alkanes) is 1. The highest BCUT2D eigenvalue weighted by Crippen LogP contribution is 2.08. The van der Waals surface area contributed by atoms with Crippen LogP contribution in [-0.4, -0.2) is 23.2 Å². The summed E-state index contributed by atoms with van der Waals surface area (Å²) in [5.74, 6) is 0.521. The average Bonchev–Trinajstić information content (AvgIpc) is 2.13. The van der Waals surface area contributed by atoms with Crippen molar-refractivity contribution >= 4 is 11.5 Å². The summed E-state index contributed by atoms with van der Waals surface area (Å²) in [5.41, 5.74) is 6.48. The lowest BCUT2D eigenvalue weighted by Crippen LogP contribution is -2.03. The van der Waals surface area contributed by atoms with Crippen LogP contribution in [-0.2, 0) is 0 Å². The molecule has 0 aliphatic heterocycles. The van der Waals surface area contributed by atoms with Crippen LogP contribution in [0.3, 0.4) is 0 Å². The van der Waals surface area contributed by atoms with Crippen LogP contribution in [0.15, 0.2) is 18.3 Å². The number of aliphatic hydroxyl groups is 1. The van der Waals surface area contributed by atoms with Gasteiger partial charge < -0.3 is 16.2 Å². The van der Waals surface area contributed by atoms with E-state index in [1.807, 2.05) is 6.07 Å². The number of pyridine rings is 1. The van der Waals surface area contributed by atoms with Crippen LogP contribution in [0.4, 0.5) is 11.5 Å². The first-order valence-electron chi connectivity index (χ1n) is 4.39. The number of rotatable bonds is 5. The summed E-state index contributed by atoms with van der Waals surface area (Å²) in [6.45, 7) is 1.10. The molecule has 0 radical (unpaired) electrons. The number of aromatic nitrogens is 1. The molecular weight excluding hydrogens is 166 g/mol. The molecule has 4 heteroatoms. The lowest BCUT2D eigenvalue weighted by atomic mass is 10.3. The largest absolute Gasteiger partial charge is 0.396 e. The summed E-state index contributed by atoms with van der Waals surface area (Å²) in [5, 5.41) is 11.7. The molecule has 1 aromatic rings. The SMILES string of the molecule is Nc1cc(NCCCCO)ccn1. The Bertz CT molecular complexity index is 252. The van der Waals surface area contributed by atoms with E-state index in [2.05, 4.69) is 10.3 Å². The normalized spacial score (nSPS) is 9.92. The first-order chi connectivity index (χ1) is 6.33. The number of anilines is 2. The minimum atomic E-state index is 0.250. The van der Waals surface area contributed by atoms with E-state index in [0.717, 1.165) is 25.1 Å². The summed E-state index contributed by atoms with van der Waals surface area (Å²) >= 11 is 0. The molecule has 0 saturated carbocycles. The highest BCUT2D eigenvalue weighted by Gasteiger charge is 1.92. The van der Waals surface area contributed by atoms with Crippen LogP contribution >= 0.6 is 0 Å². The molecule has 1 aromatic heterocycles. The maximum atomic E-state index is 8.55. The fourth-order valence-electron chi connectivity index (χ4n) is 1.03. The molecule has 0 aliphatic carbocycles. The van der Waals surface area contributed by atoms with Crippen LogP contribution in [0, 0.1) is 0 Å². The zero-order valence-electron chi connectivity index (χ0n) is 7.53. The van der Waals surface area contributed by atoms with Crippen LogP contribution in [0.5, 0.6) is 0 Å². The van der Waals surface area contributed by atoms with Gasteiger partial charge in [0, 0.05) is 31.1 Å². The van der Waals surface area contributed by atoms with Crippen molar-refractivity contribution in [1.29, 1.82) is 0 Å². The number of nitrogens with two attached hydrogens (primary N) is 1. The lowest BCUT2D eigenvalue weighted by Gasteiger charge is -2.05. The molecule has 72 valence electrons. The van der Waals surface area contributed by atoms with E-state index >= 15 is 0 Å². The summed E-state index contributed by atoms with van der Waals surface area (Å²) < 4.78 is 0. The van der Waals surface area contributed by atoms with Gasteiger partial charge in [0.1, 0.15) is 5.82 Å². The fourth-order valence-corrected chi connectivity index (χ4v) is 1.03. The Morgan fingerprint density at radius 1 is 1.46 bits per heavy atom. The minimum absolute atomic E-state index is 0.250.